The van der Waals surface area contributed by atoms with Crippen LogP contribution in [0.15, 0.2) is 72.1 Å². The molecule has 0 radical (unpaired) electrons. The number of anilines is 4. The maximum Gasteiger partial charge on any atom is 0.248 e. The van der Waals surface area contributed by atoms with Crippen molar-refractivity contribution in [1.29, 1.82) is 0 Å². The summed E-state index contributed by atoms with van der Waals surface area (Å²) in [4.78, 5) is 26.3. The number of benzene rings is 2. The first kappa shape index (κ1) is 25.7. The fourth-order valence-corrected chi connectivity index (χ4v) is 4.88. The number of fused-ring (bicyclic) bond motifs is 1. The number of piperazine rings is 1. The van der Waals surface area contributed by atoms with Crippen molar-refractivity contribution in [3.05, 3.63) is 72.1 Å². The van der Waals surface area contributed by atoms with E-state index in [2.05, 4.69) is 61.7 Å². The van der Waals surface area contributed by atoms with Gasteiger partial charge in [0.2, 0.25) is 17.7 Å². The lowest BCUT2D eigenvalue weighted by Gasteiger charge is -2.34. The van der Waals surface area contributed by atoms with Crippen LogP contribution in [0.25, 0.3) is 10.2 Å². The van der Waals surface area contributed by atoms with E-state index < -0.39 is 0 Å². The second-order valence-electron chi connectivity index (χ2n) is 9.67. The van der Waals surface area contributed by atoms with E-state index in [0.29, 0.717) is 29.2 Å². The fourth-order valence-electron chi connectivity index (χ4n) is 4.12. The topological polar surface area (TPSA) is 82.6 Å². The van der Waals surface area contributed by atoms with Gasteiger partial charge in [0.15, 0.2) is 0 Å². The van der Waals surface area contributed by atoms with Gasteiger partial charge in [-0.25, -0.2) is 4.98 Å². The number of carbonyl (C=O) groups excluding carboxylic acids is 1. The number of nitrogens with zero attached hydrogens (tertiary/aromatic N) is 4. The van der Waals surface area contributed by atoms with Crippen LogP contribution in [0.3, 0.4) is 0 Å². The monoisotopic (exact) mass is 528 g/mol. The quantitative estimate of drug-likeness (QED) is 0.266. The molecular formula is C29H32N6O2S. The third kappa shape index (κ3) is 6.48. The standard InChI is InChI=1S/C29H32N6O2S/c1-20(2)7-12-26(36)30-22-5-4-6-24(19-22)37-28-27-25(13-18-38-27)32-29(33-28)31-21-8-10-23(11-9-21)35-16-14-34(3)15-17-35/h4-13,18-20H,14-17H2,1-3H3,(H,30,36)(H,31,32,33)/b12-7+. The second kappa shape index (κ2) is 11.6. The van der Waals surface area contributed by atoms with Crippen LogP contribution in [0.2, 0.25) is 0 Å². The molecule has 1 saturated heterocycles. The van der Waals surface area contributed by atoms with Crippen LogP contribution in [-0.4, -0.2) is 54.0 Å². The zero-order valence-electron chi connectivity index (χ0n) is 21.8. The number of hydrogen-bond acceptors (Lipinski definition) is 8. The van der Waals surface area contributed by atoms with Crippen LogP contribution in [-0.2, 0) is 4.79 Å². The Morgan fingerprint density at radius 2 is 1.82 bits per heavy atom. The molecule has 0 bridgehead atoms. The van der Waals surface area contributed by atoms with Crippen LogP contribution in [0.5, 0.6) is 11.6 Å². The molecule has 38 heavy (non-hydrogen) atoms. The summed E-state index contributed by atoms with van der Waals surface area (Å²) in [7, 11) is 2.16. The summed E-state index contributed by atoms with van der Waals surface area (Å²) < 4.78 is 7.05. The Morgan fingerprint density at radius 1 is 1.03 bits per heavy atom. The minimum absolute atomic E-state index is 0.177. The summed E-state index contributed by atoms with van der Waals surface area (Å²) >= 11 is 1.52. The van der Waals surface area contributed by atoms with Gasteiger partial charge >= 0.3 is 0 Å². The molecule has 0 unspecified atom stereocenters. The SMILES string of the molecule is CC(C)/C=C/C(=O)Nc1cccc(Oc2nc(Nc3ccc(N4CCN(C)CC4)cc3)nc3ccsc23)c1. The molecule has 2 aromatic carbocycles. The number of amides is 1. The van der Waals surface area contributed by atoms with Crippen molar-refractivity contribution in [1.82, 2.24) is 14.9 Å². The molecule has 0 saturated carbocycles. The van der Waals surface area contributed by atoms with E-state index in [9.17, 15) is 4.79 Å². The van der Waals surface area contributed by atoms with Crippen molar-refractivity contribution in [3.8, 4) is 11.6 Å². The minimum Gasteiger partial charge on any atom is -0.437 e. The smallest absolute Gasteiger partial charge is 0.248 e. The van der Waals surface area contributed by atoms with Crippen molar-refractivity contribution < 1.29 is 9.53 Å². The van der Waals surface area contributed by atoms with Crippen LogP contribution in [0.1, 0.15) is 13.8 Å². The fraction of sp³-hybridized carbons (Fsp3) is 0.276. The van der Waals surface area contributed by atoms with Crippen molar-refractivity contribution >= 4 is 50.5 Å². The first-order valence-corrected chi connectivity index (χ1v) is 13.6. The number of allylic oxidation sites excluding steroid dienone is 1. The van der Waals surface area contributed by atoms with E-state index in [4.69, 9.17) is 4.74 Å². The summed E-state index contributed by atoms with van der Waals surface area (Å²) in [6.07, 6.45) is 3.41. The molecule has 0 aliphatic carbocycles. The van der Waals surface area contributed by atoms with Crippen molar-refractivity contribution in [2.24, 2.45) is 5.92 Å². The Balaban J connectivity index is 1.31. The number of aromatic nitrogens is 2. The Kier molecular flexibility index (Phi) is 7.86. The van der Waals surface area contributed by atoms with Gasteiger partial charge in [-0.1, -0.05) is 26.0 Å². The van der Waals surface area contributed by atoms with Crippen molar-refractivity contribution in [2.45, 2.75) is 13.8 Å². The summed E-state index contributed by atoms with van der Waals surface area (Å²) in [6, 6.07) is 17.6. The zero-order chi connectivity index (χ0) is 26.5. The summed E-state index contributed by atoms with van der Waals surface area (Å²) in [5.74, 6) is 1.63. The molecule has 0 atom stereocenters. The van der Waals surface area contributed by atoms with Gasteiger partial charge in [0.05, 0.1) is 5.52 Å². The molecule has 2 aromatic heterocycles. The van der Waals surface area contributed by atoms with Crippen LogP contribution in [0, 0.1) is 5.92 Å². The predicted molar refractivity (Wildman–Crippen MR) is 156 cm³/mol. The lowest BCUT2D eigenvalue weighted by atomic mass is 10.2. The Hall–Kier alpha value is -3.95. The number of likely N-dealkylation sites (N-methyl/N-ethyl adjacent to an activating group) is 1. The second-order valence-corrected chi connectivity index (χ2v) is 10.6. The van der Waals surface area contributed by atoms with Crippen molar-refractivity contribution in [3.63, 3.8) is 0 Å². The van der Waals surface area contributed by atoms with Gasteiger partial charge < -0.3 is 25.2 Å². The van der Waals surface area contributed by atoms with Gasteiger partial charge in [-0.2, -0.15) is 4.98 Å². The van der Waals surface area contributed by atoms with Crippen LogP contribution in [0.4, 0.5) is 23.0 Å². The summed E-state index contributed by atoms with van der Waals surface area (Å²) in [5, 5.41) is 8.17. The molecule has 5 rings (SSSR count). The average molecular weight is 529 g/mol. The lowest BCUT2D eigenvalue weighted by Crippen LogP contribution is -2.44. The maximum atomic E-state index is 12.2. The molecule has 1 fully saturated rings. The van der Waals surface area contributed by atoms with E-state index in [1.807, 2.05) is 49.6 Å². The number of hydrogen-bond donors (Lipinski definition) is 2. The normalized spacial score (nSPS) is 14.4. The molecule has 1 aliphatic rings. The predicted octanol–water partition coefficient (Wildman–Crippen LogP) is 6.13. The molecule has 2 N–H and O–H groups in total. The van der Waals surface area contributed by atoms with Crippen LogP contribution >= 0.6 is 11.3 Å². The van der Waals surface area contributed by atoms with Gasteiger partial charge in [0.25, 0.3) is 0 Å². The highest BCUT2D eigenvalue weighted by atomic mass is 32.1. The van der Waals surface area contributed by atoms with E-state index >= 15 is 0 Å². The van der Waals surface area contributed by atoms with Gasteiger partial charge in [0.1, 0.15) is 10.4 Å². The molecule has 4 aromatic rings. The zero-order valence-corrected chi connectivity index (χ0v) is 22.7. The minimum atomic E-state index is -0.177. The van der Waals surface area contributed by atoms with Crippen LogP contribution < -0.4 is 20.3 Å². The Morgan fingerprint density at radius 3 is 2.58 bits per heavy atom. The van der Waals surface area contributed by atoms with Gasteiger partial charge in [0, 0.05) is 49.3 Å². The maximum absolute atomic E-state index is 12.2. The van der Waals surface area contributed by atoms with E-state index in [1.54, 1.807) is 12.1 Å². The third-order valence-electron chi connectivity index (χ3n) is 6.21. The number of nitrogens with one attached hydrogen (secondary N) is 2. The highest BCUT2D eigenvalue weighted by Crippen LogP contribution is 2.34. The van der Waals surface area contributed by atoms with E-state index in [0.717, 1.165) is 42.1 Å². The molecule has 0 spiro atoms. The molecule has 1 amide bonds. The highest BCUT2D eigenvalue weighted by Gasteiger charge is 2.15. The number of carbonyl (C=O) groups is 1. The van der Waals surface area contributed by atoms with Gasteiger partial charge in [-0.05, 0) is 66.9 Å². The highest BCUT2D eigenvalue weighted by molar-refractivity contribution is 7.17. The van der Waals surface area contributed by atoms with Gasteiger partial charge in [-0.3, -0.25) is 4.79 Å². The largest absolute Gasteiger partial charge is 0.437 e. The van der Waals surface area contributed by atoms with E-state index in [1.165, 1.54) is 17.0 Å². The number of ether oxygens (including phenoxy) is 1. The first-order chi connectivity index (χ1) is 18.4. The molecule has 1 aliphatic heterocycles. The molecule has 8 nitrogen and oxygen atoms in total. The number of rotatable bonds is 8. The lowest BCUT2D eigenvalue weighted by molar-refractivity contribution is -0.111. The molecule has 3 heterocycles. The number of thiophene rings is 1. The summed E-state index contributed by atoms with van der Waals surface area (Å²) in [5.41, 5.74) is 3.58. The van der Waals surface area contributed by atoms with E-state index in [-0.39, 0.29) is 5.91 Å². The summed E-state index contributed by atoms with van der Waals surface area (Å²) in [6.45, 7) is 8.25. The molecule has 9 heteroatoms. The van der Waals surface area contributed by atoms with Crippen molar-refractivity contribution in [2.75, 3.05) is 48.8 Å². The molecule has 196 valence electrons. The van der Waals surface area contributed by atoms with Gasteiger partial charge in [-0.15, -0.1) is 11.3 Å². The Bertz CT molecular complexity index is 1420. The molecular weight excluding hydrogens is 496 g/mol. The third-order valence-corrected chi connectivity index (χ3v) is 7.10. The Labute approximate surface area is 227 Å². The average Bonchev–Trinajstić information content (AvgIpc) is 3.38. The first-order valence-electron chi connectivity index (χ1n) is 12.8.